The van der Waals surface area contributed by atoms with Crippen LogP contribution in [-0.4, -0.2) is 39.8 Å². The molecule has 0 aliphatic carbocycles. The molecule has 0 aliphatic heterocycles. The van der Waals surface area contributed by atoms with E-state index in [1.807, 2.05) is 0 Å². The molecular formula is C17H18ClN3O4S. The van der Waals surface area contributed by atoms with Gasteiger partial charge in [-0.3, -0.25) is 14.4 Å². The van der Waals surface area contributed by atoms with Crippen LogP contribution in [0.2, 0.25) is 0 Å². The molecule has 26 heavy (non-hydrogen) atoms. The van der Waals surface area contributed by atoms with Crippen LogP contribution in [0.5, 0.6) is 0 Å². The van der Waals surface area contributed by atoms with Crippen molar-refractivity contribution >= 4 is 45.7 Å². The first-order chi connectivity index (χ1) is 12.5. The molecule has 0 saturated heterocycles. The van der Waals surface area contributed by atoms with Gasteiger partial charge in [0.25, 0.3) is 0 Å². The molecule has 1 heterocycles. The summed E-state index contributed by atoms with van der Waals surface area (Å²) >= 11 is 7.03. The molecule has 1 N–H and O–H groups in total. The molecule has 0 bridgehead atoms. The van der Waals surface area contributed by atoms with E-state index in [2.05, 4.69) is 15.5 Å². The average molecular weight is 396 g/mol. The summed E-state index contributed by atoms with van der Waals surface area (Å²) in [6.07, 6.45) is -0.606. The maximum absolute atomic E-state index is 12.3. The number of hydrogen-bond acceptors (Lipinski definition) is 7. The molecule has 0 radical (unpaired) electrons. The fourth-order valence-corrected chi connectivity index (χ4v) is 2.89. The van der Waals surface area contributed by atoms with Crippen LogP contribution in [0.3, 0.4) is 0 Å². The third-order valence-corrected chi connectivity index (χ3v) is 4.36. The number of ketones is 1. The molecule has 0 unspecified atom stereocenters. The lowest BCUT2D eigenvalue weighted by molar-refractivity contribution is -0.146. The van der Waals surface area contributed by atoms with Gasteiger partial charge >= 0.3 is 5.97 Å². The Morgan fingerprint density at radius 3 is 2.54 bits per heavy atom. The summed E-state index contributed by atoms with van der Waals surface area (Å²) in [7, 11) is 0. The zero-order chi connectivity index (χ0) is 18.9. The molecule has 1 atom stereocenters. The second-order valence-corrected chi connectivity index (χ2v) is 6.88. The van der Waals surface area contributed by atoms with Gasteiger partial charge in [0, 0.05) is 18.4 Å². The molecule has 0 aliphatic rings. The smallest absolute Gasteiger partial charge is 0.306 e. The van der Waals surface area contributed by atoms with Crippen LogP contribution in [0.4, 0.5) is 5.13 Å². The number of esters is 1. The Morgan fingerprint density at radius 1 is 1.19 bits per heavy atom. The number of nitrogens with one attached hydrogen (secondary N) is 1. The number of amides is 1. The number of aryl methyl sites for hydroxylation is 1. The number of carbonyl (C=O) groups excluding carboxylic acids is 3. The van der Waals surface area contributed by atoms with Gasteiger partial charge in [-0.2, -0.15) is 0 Å². The van der Waals surface area contributed by atoms with E-state index in [-0.39, 0.29) is 36.8 Å². The lowest BCUT2D eigenvalue weighted by Crippen LogP contribution is -2.29. The van der Waals surface area contributed by atoms with Crippen molar-refractivity contribution in [3.05, 3.63) is 40.9 Å². The fourth-order valence-electron chi connectivity index (χ4n) is 2.08. The fraction of sp³-hybridized carbons (Fsp3) is 0.353. The van der Waals surface area contributed by atoms with E-state index in [0.717, 1.165) is 5.01 Å². The van der Waals surface area contributed by atoms with Crippen molar-refractivity contribution in [3.8, 4) is 0 Å². The molecule has 1 aromatic heterocycles. The summed E-state index contributed by atoms with van der Waals surface area (Å²) < 4.78 is 5.15. The van der Waals surface area contributed by atoms with Crippen LogP contribution in [0.1, 0.15) is 34.6 Å². The highest BCUT2D eigenvalue weighted by molar-refractivity contribution is 7.15. The number of ether oxygens (including phenoxy) is 1. The van der Waals surface area contributed by atoms with E-state index >= 15 is 0 Å². The van der Waals surface area contributed by atoms with Crippen molar-refractivity contribution in [1.29, 1.82) is 0 Å². The minimum Gasteiger partial charge on any atom is -0.453 e. The van der Waals surface area contributed by atoms with Crippen molar-refractivity contribution in [2.45, 2.75) is 32.3 Å². The largest absolute Gasteiger partial charge is 0.453 e. The Hall–Kier alpha value is -2.32. The maximum Gasteiger partial charge on any atom is 0.306 e. The van der Waals surface area contributed by atoms with Crippen molar-refractivity contribution < 1.29 is 19.1 Å². The second-order valence-electron chi connectivity index (χ2n) is 5.39. The Bertz CT molecular complexity index is 766. The summed E-state index contributed by atoms with van der Waals surface area (Å²) in [5.74, 6) is -1.31. The molecule has 0 saturated carbocycles. The molecule has 138 valence electrons. The van der Waals surface area contributed by atoms with E-state index in [0.29, 0.717) is 10.7 Å². The molecule has 2 aromatic rings. The van der Waals surface area contributed by atoms with Crippen LogP contribution in [-0.2, 0) is 14.3 Å². The van der Waals surface area contributed by atoms with Gasteiger partial charge in [0.05, 0.1) is 5.88 Å². The first-order valence-corrected chi connectivity index (χ1v) is 9.29. The minimum atomic E-state index is -1.04. The van der Waals surface area contributed by atoms with Gasteiger partial charge in [0.2, 0.25) is 16.8 Å². The first kappa shape index (κ1) is 20.0. The summed E-state index contributed by atoms with van der Waals surface area (Å²) in [4.78, 5) is 35.9. The SMILES string of the molecule is Cc1nnc(NC(=O)CCCC(=O)O[C@@H](CCl)C(=O)c2ccccc2)s1. The van der Waals surface area contributed by atoms with E-state index < -0.39 is 12.1 Å². The Morgan fingerprint density at radius 2 is 1.92 bits per heavy atom. The number of nitrogens with zero attached hydrogens (tertiary/aromatic N) is 2. The van der Waals surface area contributed by atoms with Gasteiger partial charge in [-0.05, 0) is 13.3 Å². The monoisotopic (exact) mass is 395 g/mol. The van der Waals surface area contributed by atoms with Crippen LogP contribution >= 0.6 is 22.9 Å². The zero-order valence-corrected chi connectivity index (χ0v) is 15.7. The maximum atomic E-state index is 12.3. The standard InChI is InChI=1S/C17H18ClN3O4S/c1-11-20-21-17(26-11)19-14(22)8-5-9-15(23)25-13(10-18)16(24)12-6-3-2-4-7-12/h2-4,6-7,13H,5,8-10H2,1H3,(H,19,21,22)/t13-/m0/s1. The highest BCUT2D eigenvalue weighted by atomic mass is 35.5. The van der Waals surface area contributed by atoms with Gasteiger partial charge in [-0.15, -0.1) is 21.8 Å². The van der Waals surface area contributed by atoms with Crippen molar-refractivity contribution in [2.24, 2.45) is 0 Å². The van der Waals surface area contributed by atoms with E-state index in [4.69, 9.17) is 16.3 Å². The molecule has 2 rings (SSSR count). The van der Waals surface area contributed by atoms with Gasteiger partial charge in [0.1, 0.15) is 5.01 Å². The Labute approximate surface area is 159 Å². The second kappa shape index (κ2) is 9.98. The minimum absolute atomic E-state index is 0.0119. The van der Waals surface area contributed by atoms with Crippen molar-refractivity contribution in [3.63, 3.8) is 0 Å². The molecular weight excluding hydrogens is 378 g/mol. The number of alkyl halides is 1. The molecule has 1 aromatic carbocycles. The van der Waals surface area contributed by atoms with Crippen molar-refractivity contribution in [2.75, 3.05) is 11.2 Å². The normalized spacial score (nSPS) is 11.6. The summed E-state index contributed by atoms with van der Waals surface area (Å²) in [5.41, 5.74) is 0.428. The van der Waals surface area contributed by atoms with E-state index in [1.54, 1.807) is 37.3 Å². The Kier molecular flexibility index (Phi) is 7.68. The highest BCUT2D eigenvalue weighted by Gasteiger charge is 2.23. The molecule has 0 fully saturated rings. The number of halogens is 1. The quantitative estimate of drug-likeness (QED) is 0.398. The van der Waals surface area contributed by atoms with Crippen LogP contribution in [0.15, 0.2) is 30.3 Å². The number of carbonyl (C=O) groups is 3. The summed E-state index contributed by atoms with van der Waals surface area (Å²) in [6.45, 7) is 1.79. The van der Waals surface area contributed by atoms with Gasteiger partial charge < -0.3 is 10.1 Å². The average Bonchev–Trinajstić information content (AvgIpc) is 3.04. The zero-order valence-electron chi connectivity index (χ0n) is 14.1. The lowest BCUT2D eigenvalue weighted by atomic mass is 10.1. The molecule has 9 heteroatoms. The topological polar surface area (TPSA) is 98.2 Å². The Balaban J connectivity index is 1.74. The van der Waals surface area contributed by atoms with Crippen molar-refractivity contribution in [1.82, 2.24) is 10.2 Å². The number of anilines is 1. The number of rotatable bonds is 9. The third kappa shape index (κ3) is 6.20. The van der Waals surface area contributed by atoms with Gasteiger partial charge in [-0.1, -0.05) is 41.7 Å². The van der Waals surface area contributed by atoms with E-state index in [1.165, 1.54) is 11.3 Å². The molecule has 0 spiro atoms. The van der Waals surface area contributed by atoms with Gasteiger partial charge in [-0.25, -0.2) is 0 Å². The third-order valence-electron chi connectivity index (χ3n) is 3.32. The van der Waals surface area contributed by atoms with E-state index in [9.17, 15) is 14.4 Å². The van der Waals surface area contributed by atoms with Crippen LogP contribution in [0, 0.1) is 6.92 Å². The number of Topliss-reactive ketones (excluding diaryl/α,β-unsaturated/α-hetero) is 1. The summed E-state index contributed by atoms with van der Waals surface area (Å²) in [5, 5.41) is 11.4. The first-order valence-electron chi connectivity index (χ1n) is 7.94. The number of hydrogen-bond donors (Lipinski definition) is 1. The van der Waals surface area contributed by atoms with Crippen LogP contribution in [0.25, 0.3) is 0 Å². The van der Waals surface area contributed by atoms with Gasteiger partial charge in [0.15, 0.2) is 6.10 Å². The molecule has 7 nitrogen and oxygen atoms in total. The predicted octanol–water partition coefficient (Wildman–Crippen LogP) is 2.99. The highest BCUT2D eigenvalue weighted by Crippen LogP contribution is 2.14. The molecule has 1 amide bonds. The van der Waals surface area contributed by atoms with Crippen LogP contribution < -0.4 is 5.32 Å². The lowest BCUT2D eigenvalue weighted by Gasteiger charge is -2.14. The summed E-state index contributed by atoms with van der Waals surface area (Å²) in [6, 6.07) is 8.49. The predicted molar refractivity (Wildman–Crippen MR) is 98.5 cm³/mol. The number of aromatic nitrogens is 2. The number of benzene rings is 1.